The molecule has 0 aromatic heterocycles. The predicted molar refractivity (Wildman–Crippen MR) is 94.6 cm³/mol. The van der Waals surface area contributed by atoms with Crippen LogP contribution in [0.4, 0.5) is 0 Å². The summed E-state index contributed by atoms with van der Waals surface area (Å²) in [6, 6.07) is 9.81. The SMILES string of the molecule is CCCNC(CCN1CC(C)CC1C)c1ccccc1Br. The Morgan fingerprint density at radius 2 is 2.10 bits per heavy atom. The Bertz CT molecular complexity index is 435. The van der Waals surface area contributed by atoms with Gasteiger partial charge in [0.05, 0.1) is 0 Å². The molecule has 0 radical (unpaired) electrons. The van der Waals surface area contributed by atoms with E-state index in [1.165, 1.54) is 42.4 Å². The minimum Gasteiger partial charge on any atom is -0.310 e. The Kier molecular flexibility index (Phi) is 6.72. The maximum Gasteiger partial charge on any atom is 0.0343 e. The Morgan fingerprint density at radius 3 is 2.71 bits per heavy atom. The van der Waals surface area contributed by atoms with E-state index in [-0.39, 0.29) is 0 Å². The molecule has 3 unspecified atom stereocenters. The molecule has 1 fully saturated rings. The molecule has 1 N–H and O–H groups in total. The van der Waals surface area contributed by atoms with Crippen molar-refractivity contribution in [2.75, 3.05) is 19.6 Å². The molecule has 0 saturated carbocycles. The Morgan fingerprint density at radius 1 is 1.33 bits per heavy atom. The van der Waals surface area contributed by atoms with Crippen molar-refractivity contribution in [1.29, 1.82) is 0 Å². The first-order valence-corrected chi connectivity index (χ1v) is 9.13. The lowest BCUT2D eigenvalue weighted by molar-refractivity contribution is 0.248. The normalized spacial score (nSPS) is 24.4. The number of likely N-dealkylation sites (tertiary alicyclic amines) is 1. The molecule has 1 aromatic carbocycles. The van der Waals surface area contributed by atoms with Crippen molar-refractivity contribution < 1.29 is 0 Å². The van der Waals surface area contributed by atoms with Gasteiger partial charge >= 0.3 is 0 Å². The third-order valence-electron chi connectivity index (χ3n) is 4.54. The average Bonchev–Trinajstić information content (AvgIpc) is 2.78. The zero-order valence-corrected chi connectivity index (χ0v) is 15.2. The molecule has 2 rings (SSSR count). The molecule has 0 aliphatic carbocycles. The molecule has 3 heteroatoms. The summed E-state index contributed by atoms with van der Waals surface area (Å²) in [5, 5.41) is 3.72. The molecule has 21 heavy (non-hydrogen) atoms. The van der Waals surface area contributed by atoms with Gasteiger partial charge in [0.1, 0.15) is 0 Å². The number of nitrogens with zero attached hydrogens (tertiary/aromatic N) is 1. The lowest BCUT2D eigenvalue weighted by Gasteiger charge is -2.26. The zero-order chi connectivity index (χ0) is 15.2. The molecular formula is C18H29BrN2. The van der Waals surface area contributed by atoms with Crippen LogP contribution < -0.4 is 5.32 Å². The summed E-state index contributed by atoms with van der Waals surface area (Å²) in [5.41, 5.74) is 1.39. The van der Waals surface area contributed by atoms with Crippen LogP contribution in [0.5, 0.6) is 0 Å². The molecular weight excluding hydrogens is 324 g/mol. The number of hydrogen-bond donors (Lipinski definition) is 1. The van der Waals surface area contributed by atoms with Crippen LogP contribution in [0.2, 0.25) is 0 Å². The molecule has 1 aromatic rings. The molecule has 1 aliphatic rings. The number of nitrogens with one attached hydrogen (secondary N) is 1. The summed E-state index contributed by atoms with van der Waals surface area (Å²) >= 11 is 3.71. The summed E-state index contributed by atoms with van der Waals surface area (Å²) in [4.78, 5) is 2.65. The van der Waals surface area contributed by atoms with Gasteiger partial charge < -0.3 is 10.2 Å². The second kappa shape index (κ2) is 8.30. The Balaban J connectivity index is 1.98. The average molecular weight is 353 g/mol. The van der Waals surface area contributed by atoms with Gasteiger partial charge in [0.2, 0.25) is 0 Å². The van der Waals surface area contributed by atoms with Gasteiger partial charge in [-0.2, -0.15) is 0 Å². The van der Waals surface area contributed by atoms with Crippen molar-refractivity contribution in [3.05, 3.63) is 34.3 Å². The molecule has 1 aliphatic heterocycles. The summed E-state index contributed by atoms with van der Waals surface area (Å²) in [6.07, 6.45) is 3.71. The molecule has 0 bridgehead atoms. The van der Waals surface area contributed by atoms with Crippen molar-refractivity contribution >= 4 is 15.9 Å². The van der Waals surface area contributed by atoms with Crippen molar-refractivity contribution in [1.82, 2.24) is 10.2 Å². The van der Waals surface area contributed by atoms with E-state index in [9.17, 15) is 0 Å². The van der Waals surface area contributed by atoms with Crippen LogP contribution in [-0.4, -0.2) is 30.6 Å². The highest BCUT2D eigenvalue weighted by atomic mass is 79.9. The van der Waals surface area contributed by atoms with Crippen molar-refractivity contribution in [3.8, 4) is 0 Å². The maximum absolute atomic E-state index is 3.72. The summed E-state index contributed by atoms with van der Waals surface area (Å²) < 4.78 is 1.22. The first-order chi connectivity index (χ1) is 10.1. The number of rotatable bonds is 7. The zero-order valence-electron chi connectivity index (χ0n) is 13.6. The van der Waals surface area contributed by atoms with Gasteiger partial charge in [-0.05, 0) is 50.3 Å². The number of benzene rings is 1. The number of hydrogen-bond acceptors (Lipinski definition) is 2. The molecule has 0 amide bonds. The van der Waals surface area contributed by atoms with Crippen LogP contribution in [0.15, 0.2) is 28.7 Å². The number of halogens is 1. The smallest absolute Gasteiger partial charge is 0.0343 e. The van der Waals surface area contributed by atoms with Crippen LogP contribution in [0.1, 0.15) is 51.6 Å². The molecule has 0 spiro atoms. The lowest BCUT2D eigenvalue weighted by atomic mass is 10.0. The first kappa shape index (κ1) is 17.0. The fourth-order valence-electron chi connectivity index (χ4n) is 3.44. The molecule has 2 nitrogen and oxygen atoms in total. The fourth-order valence-corrected chi connectivity index (χ4v) is 4.00. The fraction of sp³-hybridized carbons (Fsp3) is 0.667. The van der Waals surface area contributed by atoms with E-state index in [1.807, 2.05) is 0 Å². The van der Waals surface area contributed by atoms with Gasteiger partial charge in [-0.15, -0.1) is 0 Å². The van der Waals surface area contributed by atoms with Gasteiger partial charge in [0, 0.05) is 29.6 Å². The summed E-state index contributed by atoms with van der Waals surface area (Å²) in [7, 11) is 0. The van der Waals surface area contributed by atoms with Crippen molar-refractivity contribution in [3.63, 3.8) is 0 Å². The second-order valence-corrected chi connectivity index (χ2v) is 7.36. The van der Waals surface area contributed by atoms with Crippen molar-refractivity contribution in [2.45, 2.75) is 52.1 Å². The van der Waals surface area contributed by atoms with E-state index < -0.39 is 0 Å². The third kappa shape index (κ3) is 4.80. The summed E-state index contributed by atoms with van der Waals surface area (Å²) in [5.74, 6) is 0.852. The molecule has 118 valence electrons. The molecule has 3 atom stereocenters. The summed E-state index contributed by atoms with van der Waals surface area (Å²) in [6.45, 7) is 10.5. The monoisotopic (exact) mass is 352 g/mol. The maximum atomic E-state index is 3.72. The van der Waals surface area contributed by atoms with E-state index >= 15 is 0 Å². The quantitative estimate of drug-likeness (QED) is 0.770. The van der Waals surface area contributed by atoms with Crippen LogP contribution in [0.3, 0.4) is 0 Å². The highest BCUT2D eigenvalue weighted by molar-refractivity contribution is 9.10. The van der Waals surface area contributed by atoms with E-state index in [0.29, 0.717) is 6.04 Å². The largest absolute Gasteiger partial charge is 0.310 e. The Labute approximate surface area is 138 Å². The van der Waals surface area contributed by atoms with E-state index in [0.717, 1.165) is 18.5 Å². The van der Waals surface area contributed by atoms with Crippen LogP contribution in [0, 0.1) is 5.92 Å². The van der Waals surface area contributed by atoms with E-state index in [2.05, 4.69) is 71.2 Å². The van der Waals surface area contributed by atoms with Crippen LogP contribution >= 0.6 is 15.9 Å². The molecule has 1 heterocycles. The standard InChI is InChI=1S/C18H29BrN2/c1-4-10-20-18(16-7-5-6-8-17(16)19)9-11-21-13-14(2)12-15(21)3/h5-8,14-15,18,20H,4,9-13H2,1-3H3. The minimum absolute atomic E-state index is 0.448. The second-order valence-electron chi connectivity index (χ2n) is 6.50. The van der Waals surface area contributed by atoms with Gasteiger partial charge in [0.15, 0.2) is 0 Å². The predicted octanol–water partition coefficient (Wildman–Crippen LogP) is 4.61. The van der Waals surface area contributed by atoms with Crippen molar-refractivity contribution in [2.24, 2.45) is 5.92 Å². The highest BCUT2D eigenvalue weighted by Crippen LogP contribution is 2.28. The van der Waals surface area contributed by atoms with Gasteiger partial charge in [-0.1, -0.05) is 48.0 Å². The van der Waals surface area contributed by atoms with Crippen LogP contribution in [0.25, 0.3) is 0 Å². The van der Waals surface area contributed by atoms with E-state index in [4.69, 9.17) is 0 Å². The van der Waals surface area contributed by atoms with E-state index in [1.54, 1.807) is 0 Å². The van der Waals surface area contributed by atoms with Gasteiger partial charge in [-0.3, -0.25) is 0 Å². The third-order valence-corrected chi connectivity index (χ3v) is 5.26. The topological polar surface area (TPSA) is 15.3 Å². The lowest BCUT2D eigenvalue weighted by Crippen LogP contribution is -2.32. The highest BCUT2D eigenvalue weighted by Gasteiger charge is 2.26. The van der Waals surface area contributed by atoms with Gasteiger partial charge in [0.25, 0.3) is 0 Å². The minimum atomic E-state index is 0.448. The molecule has 1 saturated heterocycles. The first-order valence-electron chi connectivity index (χ1n) is 8.33. The Hall–Kier alpha value is -0.380. The van der Waals surface area contributed by atoms with Gasteiger partial charge in [-0.25, -0.2) is 0 Å². The van der Waals surface area contributed by atoms with Crippen LogP contribution in [-0.2, 0) is 0 Å².